The van der Waals surface area contributed by atoms with E-state index in [9.17, 15) is 26.2 Å². The number of para-hydroxylation sites is 1. The fourth-order valence-corrected chi connectivity index (χ4v) is 5.50. The van der Waals surface area contributed by atoms with Gasteiger partial charge < -0.3 is 10.1 Å². The third kappa shape index (κ3) is 7.13. The van der Waals surface area contributed by atoms with Crippen LogP contribution in [0, 0.1) is 6.92 Å². The van der Waals surface area contributed by atoms with E-state index < -0.39 is 36.6 Å². The summed E-state index contributed by atoms with van der Waals surface area (Å²) >= 11 is 0. The second kappa shape index (κ2) is 12.4. The number of ether oxygens (including phenoxy) is 1. The fraction of sp³-hybridized carbons (Fsp3) is 0.0667. The molecule has 0 bridgehead atoms. The highest BCUT2D eigenvalue weighted by Gasteiger charge is 2.33. The fourth-order valence-electron chi connectivity index (χ4n) is 4.36. The predicted molar refractivity (Wildman–Crippen MR) is 169 cm³/mol. The summed E-state index contributed by atoms with van der Waals surface area (Å²) in [6.45, 7) is 1.71. The molecule has 4 N–H and O–H groups in total. The molecule has 0 atom stereocenters. The molecule has 0 fully saturated rings. The summed E-state index contributed by atoms with van der Waals surface area (Å²) in [4.78, 5) is 12.5. The lowest BCUT2D eigenvalue weighted by Gasteiger charge is -2.18. The van der Waals surface area contributed by atoms with E-state index in [1.807, 2.05) is 30.3 Å². The number of fused-ring (bicyclic) bond motifs is 1. The molecule has 1 aliphatic carbocycles. The lowest BCUT2D eigenvalue weighted by Crippen LogP contribution is -2.27. The maximum absolute atomic E-state index is 13.4. The van der Waals surface area contributed by atoms with Crippen molar-refractivity contribution in [1.82, 2.24) is 0 Å². The molecule has 0 radical (unpaired) electrons. The molecule has 230 valence electrons. The number of rotatable bonds is 9. The van der Waals surface area contributed by atoms with Crippen molar-refractivity contribution in [3.05, 3.63) is 107 Å². The molecule has 4 aromatic carbocycles. The van der Waals surface area contributed by atoms with Gasteiger partial charge in [-0.05, 0) is 84.8 Å². The Kier molecular flexibility index (Phi) is 8.61. The molecule has 0 unspecified atom stereocenters. The van der Waals surface area contributed by atoms with E-state index in [1.54, 1.807) is 25.1 Å². The Balaban J connectivity index is 1.43. The van der Waals surface area contributed by atoms with E-state index in [0.717, 1.165) is 5.69 Å². The second-order valence-corrected chi connectivity index (χ2v) is 12.5. The third-order valence-electron chi connectivity index (χ3n) is 6.59. The Morgan fingerprint density at radius 3 is 2.16 bits per heavy atom. The van der Waals surface area contributed by atoms with E-state index in [1.165, 1.54) is 49.6 Å². The van der Waals surface area contributed by atoms with E-state index >= 15 is 0 Å². The number of allylic oxidation sites excluding steroid dienone is 1. The highest BCUT2D eigenvalue weighted by molar-refractivity contribution is 7.91. The largest absolute Gasteiger partial charge is 0.494 e. The van der Waals surface area contributed by atoms with Gasteiger partial charge in [-0.2, -0.15) is 32.2 Å². The number of aryl methyl sites for hydroxylation is 1. The molecule has 0 spiro atoms. The minimum absolute atomic E-state index is 0.185. The number of carbonyl (C=O) groups is 1. The van der Waals surface area contributed by atoms with Gasteiger partial charge >= 0.3 is 0 Å². The van der Waals surface area contributed by atoms with Crippen LogP contribution in [0.15, 0.2) is 110 Å². The van der Waals surface area contributed by atoms with E-state index in [0.29, 0.717) is 22.6 Å². The van der Waals surface area contributed by atoms with Crippen LogP contribution < -0.4 is 15.5 Å². The molecule has 0 aliphatic heterocycles. The van der Waals surface area contributed by atoms with Gasteiger partial charge in [0.25, 0.3) is 20.2 Å². The van der Waals surface area contributed by atoms with Crippen LogP contribution in [0.2, 0.25) is 0 Å². The van der Waals surface area contributed by atoms with Gasteiger partial charge in [-0.1, -0.05) is 18.2 Å². The summed E-state index contributed by atoms with van der Waals surface area (Å²) in [5.74, 6) is -0.502. The Hall–Kier alpha value is -5.22. The SMILES string of the molecule is COc1cc(/N=N/c2ccc(S(=O)(=O)O)cc2)c(C)cc1N/N=C1/C(=O)c2ccc(Nc3ccccc3)cc2C=C1S(=O)(=O)O. The van der Waals surface area contributed by atoms with Crippen LogP contribution in [0.5, 0.6) is 5.75 Å². The number of benzene rings is 4. The number of carbonyl (C=O) groups excluding carboxylic acids is 1. The standard InChI is InChI=1S/C30H25N5O8S2/c1-18-14-26(27(43-2)17-25(18)33-32-21-8-11-23(12-9-21)44(37,38)39)34-35-29-28(45(40,41)42)16-19-15-22(10-13-24(19)30(29)36)31-20-6-4-3-5-7-20/h3-17,31,34H,1-2H3,(H,37,38,39)(H,40,41,42)/b33-32+,35-29+. The molecule has 0 aromatic heterocycles. The molecular weight excluding hydrogens is 622 g/mol. The van der Waals surface area contributed by atoms with Gasteiger partial charge in [-0.25, -0.2) is 0 Å². The van der Waals surface area contributed by atoms with Crippen molar-refractivity contribution in [2.24, 2.45) is 15.3 Å². The van der Waals surface area contributed by atoms with Crippen LogP contribution >= 0.6 is 0 Å². The number of nitrogens with one attached hydrogen (secondary N) is 2. The first-order chi connectivity index (χ1) is 21.3. The van der Waals surface area contributed by atoms with E-state index in [4.69, 9.17) is 9.29 Å². The number of anilines is 3. The minimum Gasteiger partial charge on any atom is -0.494 e. The van der Waals surface area contributed by atoms with Crippen molar-refractivity contribution in [2.45, 2.75) is 11.8 Å². The predicted octanol–water partition coefficient (Wildman–Crippen LogP) is 6.30. The first-order valence-corrected chi connectivity index (χ1v) is 15.9. The minimum atomic E-state index is -4.86. The third-order valence-corrected chi connectivity index (χ3v) is 8.32. The van der Waals surface area contributed by atoms with Gasteiger partial charge in [0.2, 0.25) is 5.78 Å². The summed E-state index contributed by atoms with van der Waals surface area (Å²) in [5, 5.41) is 15.5. The van der Waals surface area contributed by atoms with Crippen molar-refractivity contribution < 1.29 is 35.5 Å². The zero-order valence-corrected chi connectivity index (χ0v) is 25.3. The highest BCUT2D eigenvalue weighted by Crippen LogP contribution is 2.35. The van der Waals surface area contributed by atoms with Crippen molar-refractivity contribution in [3.63, 3.8) is 0 Å². The maximum atomic E-state index is 13.4. The number of hydrogen-bond acceptors (Lipinski definition) is 11. The van der Waals surface area contributed by atoms with Gasteiger partial charge in [-0.3, -0.25) is 19.3 Å². The number of hydrazone groups is 1. The zero-order chi connectivity index (χ0) is 32.4. The van der Waals surface area contributed by atoms with Crippen LogP contribution in [-0.4, -0.2) is 44.5 Å². The van der Waals surface area contributed by atoms with Crippen LogP contribution in [0.4, 0.5) is 28.4 Å². The number of hydrogen-bond donors (Lipinski definition) is 4. The van der Waals surface area contributed by atoms with Gasteiger partial charge in [0, 0.05) is 23.0 Å². The Labute approximate surface area is 258 Å². The van der Waals surface area contributed by atoms with Crippen LogP contribution in [0.3, 0.4) is 0 Å². The van der Waals surface area contributed by atoms with Crippen molar-refractivity contribution >= 4 is 66.2 Å². The van der Waals surface area contributed by atoms with Crippen molar-refractivity contribution in [1.29, 1.82) is 0 Å². The Bertz CT molecular complexity index is 2110. The molecule has 15 heteroatoms. The Morgan fingerprint density at radius 2 is 1.51 bits per heavy atom. The smallest absolute Gasteiger partial charge is 0.296 e. The molecule has 5 rings (SSSR count). The lowest BCUT2D eigenvalue weighted by molar-refractivity contribution is 0.106. The molecule has 13 nitrogen and oxygen atoms in total. The Morgan fingerprint density at radius 1 is 0.800 bits per heavy atom. The highest BCUT2D eigenvalue weighted by atomic mass is 32.2. The molecule has 1 aliphatic rings. The molecule has 4 aromatic rings. The van der Waals surface area contributed by atoms with E-state index in [2.05, 4.69) is 26.1 Å². The summed E-state index contributed by atoms with van der Waals surface area (Å²) < 4.78 is 71.7. The van der Waals surface area contributed by atoms with E-state index in [-0.39, 0.29) is 27.5 Å². The summed E-state index contributed by atoms with van der Waals surface area (Å²) in [5.41, 5.74) is 5.54. The number of Topliss-reactive ketones (excluding diaryl/α,β-unsaturated/α-hetero) is 1. The average molecular weight is 648 g/mol. The molecule has 45 heavy (non-hydrogen) atoms. The number of methoxy groups -OCH3 is 1. The molecule has 0 heterocycles. The second-order valence-electron chi connectivity index (χ2n) is 9.69. The van der Waals surface area contributed by atoms with Gasteiger partial charge in [0.15, 0.2) is 5.71 Å². The first-order valence-electron chi connectivity index (χ1n) is 13.1. The number of nitrogens with zero attached hydrogens (tertiary/aromatic N) is 3. The van der Waals surface area contributed by atoms with Gasteiger partial charge in [-0.15, -0.1) is 0 Å². The van der Waals surface area contributed by atoms with Gasteiger partial charge in [0.1, 0.15) is 10.7 Å². The first kappa shape index (κ1) is 31.2. The summed E-state index contributed by atoms with van der Waals surface area (Å²) in [7, 11) is -7.82. The molecule has 0 amide bonds. The van der Waals surface area contributed by atoms with Gasteiger partial charge in [0.05, 0.1) is 29.1 Å². The number of azo groups is 1. The monoisotopic (exact) mass is 647 g/mol. The lowest BCUT2D eigenvalue weighted by atomic mass is 9.94. The summed E-state index contributed by atoms with van der Waals surface area (Å²) in [6, 6.07) is 22.3. The number of ketones is 1. The zero-order valence-electron chi connectivity index (χ0n) is 23.7. The topological polar surface area (TPSA) is 196 Å². The molecule has 0 saturated heterocycles. The summed E-state index contributed by atoms with van der Waals surface area (Å²) in [6.07, 6.45) is 1.18. The van der Waals surface area contributed by atoms with Crippen LogP contribution in [0.1, 0.15) is 21.5 Å². The molecular formula is C30H25N5O8S2. The average Bonchev–Trinajstić information content (AvgIpc) is 2.99. The normalized spacial score (nSPS) is 14.3. The maximum Gasteiger partial charge on any atom is 0.296 e. The van der Waals surface area contributed by atoms with Crippen molar-refractivity contribution in [2.75, 3.05) is 17.9 Å². The molecule has 0 saturated carbocycles. The van der Waals surface area contributed by atoms with Crippen LogP contribution in [0.25, 0.3) is 6.08 Å². The quantitative estimate of drug-likeness (QED) is 0.0908. The van der Waals surface area contributed by atoms with Crippen molar-refractivity contribution in [3.8, 4) is 5.75 Å². The van der Waals surface area contributed by atoms with Crippen LogP contribution in [-0.2, 0) is 20.2 Å².